The summed E-state index contributed by atoms with van der Waals surface area (Å²) in [5.41, 5.74) is 1.99. The molecule has 0 radical (unpaired) electrons. The zero-order chi connectivity index (χ0) is 14.8. The van der Waals surface area contributed by atoms with Gasteiger partial charge in [-0.05, 0) is 42.0 Å². The van der Waals surface area contributed by atoms with Gasteiger partial charge in [-0.3, -0.25) is 4.79 Å². The number of fused-ring (bicyclic) bond motifs is 1. The van der Waals surface area contributed by atoms with Crippen molar-refractivity contribution < 1.29 is 9.53 Å². The highest BCUT2D eigenvalue weighted by Crippen LogP contribution is 2.33. The molecule has 21 heavy (non-hydrogen) atoms. The number of rotatable bonds is 3. The number of anilines is 1. The van der Waals surface area contributed by atoms with E-state index in [1.165, 1.54) is 10.4 Å². The number of halogens is 1. The summed E-state index contributed by atoms with van der Waals surface area (Å²) in [6.45, 7) is 0. The van der Waals surface area contributed by atoms with Gasteiger partial charge in [-0.1, -0.05) is 15.9 Å². The first-order chi connectivity index (χ1) is 10.2. The molecule has 0 saturated carbocycles. The van der Waals surface area contributed by atoms with E-state index in [1.807, 2.05) is 36.0 Å². The van der Waals surface area contributed by atoms with E-state index >= 15 is 0 Å². The Balaban J connectivity index is 1.83. The van der Waals surface area contributed by atoms with E-state index in [9.17, 15) is 4.79 Å². The standard InChI is InChI=1S/C15H14BrNO2S2/c1-19-12-3-2-10(16)7-11(12)17-15(18)14-6-9-8-20-5-4-13(9)21-14/h2-3,6-7H,4-5,8H2,1H3,(H,17,18). The number of nitrogens with one attached hydrogen (secondary N) is 1. The van der Waals surface area contributed by atoms with Gasteiger partial charge in [-0.15, -0.1) is 11.3 Å². The normalized spacial score (nSPS) is 13.6. The van der Waals surface area contributed by atoms with Crippen LogP contribution < -0.4 is 10.1 Å². The van der Waals surface area contributed by atoms with Crippen LogP contribution in [0.15, 0.2) is 28.7 Å². The van der Waals surface area contributed by atoms with E-state index in [2.05, 4.69) is 21.2 Å². The smallest absolute Gasteiger partial charge is 0.265 e. The first-order valence-corrected chi connectivity index (χ1v) is 9.28. The molecular formula is C15H14BrNO2S2. The first-order valence-electron chi connectivity index (χ1n) is 6.51. The van der Waals surface area contributed by atoms with Crippen LogP contribution in [0.3, 0.4) is 0 Å². The average Bonchev–Trinajstić information content (AvgIpc) is 2.91. The summed E-state index contributed by atoms with van der Waals surface area (Å²) in [6.07, 6.45) is 1.07. The molecule has 0 bridgehead atoms. The summed E-state index contributed by atoms with van der Waals surface area (Å²) in [5, 5.41) is 2.94. The number of carbonyl (C=O) groups is 1. The molecule has 1 N–H and O–H groups in total. The van der Waals surface area contributed by atoms with Crippen molar-refractivity contribution in [1.29, 1.82) is 0 Å². The summed E-state index contributed by atoms with van der Waals surface area (Å²) in [7, 11) is 1.60. The number of benzene rings is 1. The molecule has 1 amide bonds. The topological polar surface area (TPSA) is 38.3 Å². The molecule has 0 atom stereocenters. The maximum Gasteiger partial charge on any atom is 0.265 e. The van der Waals surface area contributed by atoms with Crippen molar-refractivity contribution in [3.05, 3.63) is 44.1 Å². The highest BCUT2D eigenvalue weighted by atomic mass is 79.9. The van der Waals surface area contributed by atoms with Gasteiger partial charge in [0.15, 0.2) is 0 Å². The number of thioether (sulfide) groups is 1. The van der Waals surface area contributed by atoms with E-state index in [1.54, 1.807) is 18.4 Å². The SMILES string of the molecule is COc1ccc(Br)cc1NC(=O)c1cc2c(s1)CCSC2. The summed E-state index contributed by atoms with van der Waals surface area (Å²) >= 11 is 6.94. The maximum atomic E-state index is 12.4. The minimum Gasteiger partial charge on any atom is -0.495 e. The molecule has 6 heteroatoms. The van der Waals surface area contributed by atoms with Crippen molar-refractivity contribution in [3.8, 4) is 5.75 Å². The van der Waals surface area contributed by atoms with E-state index in [0.717, 1.165) is 27.3 Å². The molecule has 0 unspecified atom stereocenters. The maximum absolute atomic E-state index is 12.4. The summed E-state index contributed by atoms with van der Waals surface area (Å²) in [4.78, 5) is 14.5. The van der Waals surface area contributed by atoms with Crippen molar-refractivity contribution in [2.45, 2.75) is 12.2 Å². The van der Waals surface area contributed by atoms with Crippen LogP contribution in [0, 0.1) is 0 Å². The lowest BCUT2D eigenvalue weighted by Crippen LogP contribution is -2.11. The Labute approximate surface area is 140 Å². The fourth-order valence-corrected chi connectivity index (χ4v) is 4.85. The van der Waals surface area contributed by atoms with E-state index in [4.69, 9.17) is 4.74 Å². The lowest BCUT2D eigenvalue weighted by Gasteiger charge is -2.09. The van der Waals surface area contributed by atoms with Gasteiger partial charge in [-0.2, -0.15) is 11.8 Å². The van der Waals surface area contributed by atoms with Crippen LogP contribution in [-0.2, 0) is 12.2 Å². The number of carbonyl (C=O) groups excluding carboxylic acids is 1. The van der Waals surface area contributed by atoms with Crippen LogP contribution in [0.2, 0.25) is 0 Å². The summed E-state index contributed by atoms with van der Waals surface area (Å²) < 4.78 is 6.19. The van der Waals surface area contributed by atoms with E-state index < -0.39 is 0 Å². The van der Waals surface area contributed by atoms with Crippen LogP contribution in [0.5, 0.6) is 5.75 Å². The molecule has 2 heterocycles. The molecule has 1 aliphatic rings. The Morgan fingerprint density at radius 1 is 1.38 bits per heavy atom. The second-order valence-corrected chi connectivity index (χ2v) is 7.82. The van der Waals surface area contributed by atoms with Crippen molar-refractivity contribution in [2.75, 3.05) is 18.2 Å². The van der Waals surface area contributed by atoms with Crippen molar-refractivity contribution >= 4 is 50.6 Å². The molecule has 3 rings (SSSR count). The molecule has 1 aliphatic heterocycles. The minimum absolute atomic E-state index is 0.0733. The Kier molecular flexibility index (Phi) is 4.57. The highest BCUT2D eigenvalue weighted by Gasteiger charge is 2.18. The van der Waals surface area contributed by atoms with Gasteiger partial charge in [-0.25, -0.2) is 0 Å². The van der Waals surface area contributed by atoms with Crippen molar-refractivity contribution in [2.24, 2.45) is 0 Å². The van der Waals surface area contributed by atoms with Gasteiger partial charge >= 0.3 is 0 Å². The monoisotopic (exact) mass is 383 g/mol. The predicted molar refractivity (Wildman–Crippen MR) is 92.8 cm³/mol. The fourth-order valence-electron chi connectivity index (χ4n) is 2.22. The van der Waals surface area contributed by atoms with Crippen molar-refractivity contribution in [3.63, 3.8) is 0 Å². The first kappa shape index (κ1) is 14.9. The lowest BCUT2D eigenvalue weighted by molar-refractivity contribution is 0.103. The van der Waals surface area contributed by atoms with Gasteiger partial charge in [0.1, 0.15) is 5.75 Å². The Hall–Kier alpha value is -0.980. The molecule has 0 fully saturated rings. The molecule has 0 saturated heterocycles. The zero-order valence-corrected chi connectivity index (χ0v) is 14.7. The number of thiophene rings is 1. The van der Waals surface area contributed by atoms with Crippen LogP contribution >= 0.6 is 39.0 Å². The van der Waals surface area contributed by atoms with Gasteiger partial charge in [0.05, 0.1) is 17.7 Å². The van der Waals surface area contributed by atoms with Crippen molar-refractivity contribution in [1.82, 2.24) is 0 Å². The Morgan fingerprint density at radius 3 is 3.00 bits per heavy atom. The molecular weight excluding hydrogens is 370 g/mol. The largest absolute Gasteiger partial charge is 0.495 e. The van der Waals surface area contributed by atoms with Gasteiger partial charge in [0, 0.05) is 15.1 Å². The predicted octanol–water partition coefficient (Wildman–Crippen LogP) is 4.56. The third-order valence-corrected chi connectivity index (χ3v) is 6.00. The quantitative estimate of drug-likeness (QED) is 0.843. The number of methoxy groups -OCH3 is 1. The summed E-state index contributed by atoms with van der Waals surface area (Å²) in [5.74, 6) is 2.74. The zero-order valence-electron chi connectivity index (χ0n) is 11.4. The van der Waals surface area contributed by atoms with Crippen LogP contribution in [0.1, 0.15) is 20.1 Å². The molecule has 0 spiro atoms. The highest BCUT2D eigenvalue weighted by molar-refractivity contribution is 9.10. The number of amides is 1. The second-order valence-electron chi connectivity index (χ2n) is 4.66. The number of ether oxygens (including phenoxy) is 1. The number of hydrogen-bond donors (Lipinski definition) is 1. The van der Waals surface area contributed by atoms with E-state index in [0.29, 0.717) is 11.4 Å². The number of aryl methyl sites for hydroxylation is 1. The summed E-state index contributed by atoms with van der Waals surface area (Å²) in [6, 6.07) is 7.58. The third kappa shape index (κ3) is 3.27. The van der Waals surface area contributed by atoms with E-state index in [-0.39, 0.29) is 5.91 Å². The fraction of sp³-hybridized carbons (Fsp3) is 0.267. The van der Waals surface area contributed by atoms with Gasteiger partial charge < -0.3 is 10.1 Å². The Bertz CT molecular complexity index is 661. The average molecular weight is 384 g/mol. The van der Waals surface area contributed by atoms with Crippen LogP contribution in [0.4, 0.5) is 5.69 Å². The van der Waals surface area contributed by atoms with Crippen LogP contribution in [-0.4, -0.2) is 18.8 Å². The van der Waals surface area contributed by atoms with Gasteiger partial charge in [0.2, 0.25) is 0 Å². The second kappa shape index (κ2) is 6.42. The molecule has 110 valence electrons. The Morgan fingerprint density at radius 2 is 2.24 bits per heavy atom. The van der Waals surface area contributed by atoms with Gasteiger partial charge in [0.25, 0.3) is 5.91 Å². The lowest BCUT2D eigenvalue weighted by atomic mass is 10.2. The molecule has 3 nitrogen and oxygen atoms in total. The molecule has 1 aromatic heterocycles. The number of hydrogen-bond acceptors (Lipinski definition) is 4. The molecule has 0 aliphatic carbocycles. The third-order valence-electron chi connectivity index (χ3n) is 3.26. The molecule has 1 aromatic carbocycles. The van der Waals surface area contributed by atoms with Crippen LogP contribution in [0.25, 0.3) is 0 Å². The molecule has 2 aromatic rings. The minimum atomic E-state index is -0.0733.